The molecule has 41 heavy (non-hydrogen) atoms. The highest BCUT2D eigenvalue weighted by Gasteiger charge is 2.69. The third-order valence-corrected chi connectivity index (χ3v) is 8.77. The second-order valence-corrected chi connectivity index (χ2v) is 10.9. The summed E-state index contributed by atoms with van der Waals surface area (Å²) in [5, 5.41) is 36.8. The van der Waals surface area contributed by atoms with Gasteiger partial charge in [0.05, 0.1) is 35.2 Å². The predicted octanol–water partition coefficient (Wildman–Crippen LogP) is 0.992. The number of aromatic nitrogens is 2. The van der Waals surface area contributed by atoms with Crippen LogP contribution in [0.1, 0.15) is 35.2 Å². The van der Waals surface area contributed by atoms with Crippen LogP contribution in [0.4, 0.5) is 11.6 Å². The number of carbonyl (C=O) groups is 5. The maximum Gasteiger partial charge on any atom is 0.235 e. The Balaban J connectivity index is 1.38. The van der Waals surface area contributed by atoms with Crippen molar-refractivity contribution in [2.24, 2.45) is 29.4 Å². The number of ketones is 4. The molecule has 3 aromatic rings. The molecule has 7 N–H and O–H groups in total. The number of phenols is 1. The number of benzene rings is 2. The zero-order valence-corrected chi connectivity index (χ0v) is 21.7. The molecule has 210 valence electrons. The normalized spacial score (nSPS) is 30.8. The number of Topliss-reactive ketones (excluding diaryl/α,β-unsaturated/α-hetero) is 4. The highest BCUT2D eigenvalue weighted by atomic mass is 16.3. The number of aromatic amines is 1. The second-order valence-electron chi connectivity index (χ2n) is 10.9. The van der Waals surface area contributed by atoms with E-state index in [1.54, 1.807) is 19.2 Å². The number of H-pyrrole nitrogens is 1. The second kappa shape index (κ2) is 9.18. The number of rotatable bonds is 4. The minimum Gasteiger partial charge on any atom is -0.505 e. The molecule has 2 aromatic carbocycles. The molecule has 0 bridgehead atoms. The van der Waals surface area contributed by atoms with Crippen molar-refractivity contribution in [2.45, 2.75) is 31.0 Å². The van der Waals surface area contributed by atoms with E-state index in [0.717, 1.165) is 5.56 Å². The van der Waals surface area contributed by atoms with E-state index >= 15 is 0 Å². The summed E-state index contributed by atoms with van der Waals surface area (Å²) < 4.78 is 0. The Labute approximate surface area is 232 Å². The van der Waals surface area contributed by atoms with Crippen molar-refractivity contribution in [3.8, 4) is 17.0 Å². The van der Waals surface area contributed by atoms with Crippen molar-refractivity contribution in [1.82, 2.24) is 9.97 Å². The molecule has 6 rings (SSSR count). The number of nitrogens with zero attached hydrogens (tertiary/aromatic N) is 1. The van der Waals surface area contributed by atoms with Gasteiger partial charge in [-0.15, -0.1) is 0 Å². The third-order valence-electron chi connectivity index (χ3n) is 8.77. The van der Waals surface area contributed by atoms with Crippen LogP contribution in [0.15, 0.2) is 48.7 Å². The van der Waals surface area contributed by atoms with Gasteiger partial charge >= 0.3 is 0 Å². The molecule has 1 heterocycles. The van der Waals surface area contributed by atoms with E-state index in [2.05, 4.69) is 15.3 Å². The molecule has 3 aliphatic carbocycles. The fourth-order valence-corrected chi connectivity index (χ4v) is 6.73. The number of nitrogens with one attached hydrogen (secondary N) is 2. The van der Waals surface area contributed by atoms with E-state index in [0.29, 0.717) is 11.3 Å². The lowest BCUT2D eigenvalue weighted by Crippen LogP contribution is -2.72. The van der Waals surface area contributed by atoms with E-state index in [1.807, 2.05) is 30.3 Å². The van der Waals surface area contributed by atoms with Gasteiger partial charge in [0.2, 0.25) is 11.9 Å². The number of imidazole rings is 1. The first-order valence-electron chi connectivity index (χ1n) is 13.0. The van der Waals surface area contributed by atoms with Gasteiger partial charge in [-0.25, -0.2) is 4.98 Å². The number of hydrogen-bond donors (Lipinski definition) is 6. The maximum absolute atomic E-state index is 13.8. The number of aromatic hydroxyl groups is 1. The first-order valence-corrected chi connectivity index (χ1v) is 13.0. The average Bonchev–Trinajstić information content (AvgIpc) is 3.41. The number of aliphatic hydroxyl groups is 2. The quantitative estimate of drug-likeness (QED) is 0.197. The molecular formula is C29H26N4O8. The van der Waals surface area contributed by atoms with Crippen LogP contribution < -0.4 is 11.1 Å². The zero-order chi connectivity index (χ0) is 29.4. The van der Waals surface area contributed by atoms with Crippen LogP contribution in [0, 0.1) is 23.7 Å². The van der Waals surface area contributed by atoms with Gasteiger partial charge in [-0.2, -0.15) is 0 Å². The van der Waals surface area contributed by atoms with Gasteiger partial charge in [0.15, 0.2) is 34.7 Å². The molecule has 1 amide bonds. The van der Waals surface area contributed by atoms with Gasteiger partial charge in [-0.1, -0.05) is 43.3 Å². The Kier molecular flexibility index (Phi) is 5.94. The van der Waals surface area contributed by atoms with E-state index < -0.39 is 82.5 Å². The van der Waals surface area contributed by atoms with Crippen LogP contribution in [0.2, 0.25) is 0 Å². The number of hydrogen-bond acceptors (Lipinski definition) is 10. The van der Waals surface area contributed by atoms with E-state index in [4.69, 9.17) is 5.73 Å². The molecule has 0 saturated heterocycles. The Morgan fingerprint density at radius 2 is 1.80 bits per heavy atom. The fourth-order valence-electron chi connectivity index (χ4n) is 6.73. The number of carbonyl (C=O) groups excluding carboxylic acids is 5. The molecular weight excluding hydrogens is 532 g/mol. The van der Waals surface area contributed by atoms with Gasteiger partial charge in [0, 0.05) is 18.3 Å². The van der Waals surface area contributed by atoms with Crippen LogP contribution in [0.25, 0.3) is 11.3 Å². The Hall–Kier alpha value is -4.68. The molecule has 3 aliphatic rings. The predicted molar refractivity (Wildman–Crippen MR) is 142 cm³/mol. The van der Waals surface area contributed by atoms with Crippen LogP contribution in [0.3, 0.4) is 0 Å². The van der Waals surface area contributed by atoms with Crippen molar-refractivity contribution >= 4 is 40.7 Å². The van der Waals surface area contributed by atoms with Crippen molar-refractivity contribution in [3.63, 3.8) is 0 Å². The molecule has 12 heteroatoms. The Morgan fingerprint density at radius 1 is 1.10 bits per heavy atom. The van der Waals surface area contributed by atoms with Gasteiger partial charge < -0.3 is 31.4 Å². The first kappa shape index (κ1) is 26.5. The van der Waals surface area contributed by atoms with E-state index in [9.17, 15) is 39.3 Å². The summed E-state index contributed by atoms with van der Waals surface area (Å²) in [5.41, 5.74) is 4.07. The van der Waals surface area contributed by atoms with Crippen LogP contribution >= 0.6 is 0 Å². The number of primary amides is 1. The molecule has 1 aromatic heterocycles. The average molecular weight is 559 g/mol. The molecule has 2 saturated carbocycles. The highest BCUT2D eigenvalue weighted by molar-refractivity contribution is 6.31. The molecule has 12 nitrogen and oxygen atoms in total. The molecule has 0 spiro atoms. The highest BCUT2D eigenvalue weighted by Crippen LogP contribution is 2.54. The summed E-state index contributed by atoms with van der Waals surface area (Å²) in [4.78, 5) is 72.5. The minimum absolute atomic E-state index is 0.102. The summed E-state index contributed by atoms with van der Waals surface area (Å²) in [6.07, 6.45) is -0.659. The Morgan fingerprint density at radius 3 is 2.49 bits per heavy atom. The molecule has 7 atom stereocenters. The lowest BCUT2D eigenvalue weighted by molar-refractivity contribution is -0.189. The van der Waals surface area contributed by atoms with E-state index in [-0.39, 0.29) is 17.2 Å². The van der Waals surface area contributed by atoms with Gasteiger partial charge in [0.25, 0.3) is 0 Å². The van der Waals surface area contributed by atoms with Crippen molar-refractivity contribution < 1.29 is 39.3 Å². The zero-order valence-electron chi connectivity index (χ0n) is 21.7. The van der Waals surface area contributed by atoms with Crippen LogP contribution in [-0.2, 0) is 19.2 Å². The molecule has 0 radical (unpaired) electrons. The standard InChI is InChI=1S/C29H26N4O8/c1-11-13-7-8-15(32-28-31-10-16(33-28)12-5-3-2-4-6-12)23(36)19(13)24(37)21-18(11)22(35)14-9-17(34)20(27(30)40)25(38)29(14,41)26(21)39/h2-8,10-11,14,18,20-22,35-36,41H,9H2,1H3,(H2,30,40)(H2,31,32,33)/t11-,14+,18+,20?,21?,22+,29+/m0/s1. The number of anilines is 2. The summed E-state index contributed by atoms with van der Waals surface area (Å²) >= 11 is 0. The first-order chi connectivity index (χ1) is 19.5. The summed E-state index contributed by atoms with van der Waals surface area (Å²) in [6.45, 7) is 1.65. The third kappa shape index (κ3) is 3.67. The number of amides is 1. The summed E-state index contributed by atoms with van der Waals surface area (Å²) in [5.74, 6) is -13.1. The maximum atomic E-state index is 13.8. The molecule has 2 fully saturated rings. The van der Waals surface area contributed by atoms with Crippen LogP contribution in [-0.4, -0.2) is 66.0 Å². The van der Waals surface area contributed by atoms with E-state index in [1.165, 1.54) is 6.07 Å². The number of aliphatic hydroxyl groups excluding tert-OH is 1. The number of nitrogens with two attached hydrogens (primary N) is 1. The summed E-state index contributed by atoms with van der Waals surface area (Å²) in [7, 11) is 0. The van der Waals surface area contributed by atoms with Gasteiger partial charge in [-0.05, 0) is 23.1 Å². The van der Waals surface area contributed by atoms with Crippen LogP contribution in [0.5, 0.6) is 5.75 Å². The fraction of sp³-hybridized carbons (Fsp3) is 0.310. The summed E-state index contributed by atoms with van der Waals surface area (Å²) in [6, 6.07) is 12.5. The lowest BCUT2D eigenvalue weighted by Gasteiger charge is -2.52. The largest absolute Gasteiger partial charge is 0.505 e. The minimum atomic E-state index is -2.96. The van der Waals surface area contributed by atoms with Gasteiger partial charge in [0.1, 0.15) is 5.75 Å². The molecule has 2 unspecified atom stereocenters. The van der Waals surface area contributed by atoms with Crippen molar-refractivity contribution in [2.75, 3.05) is 5.32 Å². The topological polar surface area (TPSA) is 213 Å². The molecule has 0 aliphatic heterocycles. The Bertz CT molecular complexity index is 1650. The van der Waals surface area contributed by atoms with Gasteiger partial charge in [-0.3, -0.25) is 24.0 Å². The van der Waals surface area contributed by atoms with Crippen molar-refractivity contribution in [1.29, 1.82) is 0 Å². The number of fused-ring (bicyclic) bond motifs is 3. The van der Waals surface area contributed by atoms with Crippen molar-refractivity contribution in [3.05, 3.63) is 59.8 Å². The lowest BCUT2D eigenvalue weighted by atomic mass is 9.50. The smallest absolute Gasteiger partial charge is 0.235 e. The monoisotopic (exact) mass is 558 g/mol. The number of phenolic OH excluding ortho intramolecular Hbond substituents is 1. The SMILES string of the molecule is C[C@H]1c2ccc(Nc3ncc(-c4ccccc4)[nH]3)c(O)c2C(=O)C2C(=O)[C@]3(O)C(=O)C(C(N)=O)C(=O)C[C@@H]3[C@@H](O)[C@@H]21.